The van der Waals surface area contributed by atoms with Crippen molar-refractivity contribution in [2.24, 2.45) is 10.8 Å². The highest BCUT2D eigenvalue weighted by Gasteiger charge is 2.10. The van der Waals surface area contributed by atoms with Crippen molar-refractivity contribution in [3.8, 4) is 0 Å². The zero-order valence-corrected chi connectivity index (χ0v) is 6.20. The van der Waals surface area contributed by atoms with Gasteiger partial charge in [-0.15, -0.1) is 0 Å². The SMILES string of the molecule is CN1N=C(COC(N)=O)CN1. The van der Waals surface area contributed by atoms with Crippen molar-refractivity contribution in [1.82, 2.24) is 10.5 Å². The van der Waals surface area contributed by atoms with Crippen LogP contribution in [0.25, 0.3) is 0 Å². The number of hydrazine groups is 1. The third-order valence-corrected chi connectivity index (χ3v) is 1.18. The first-order valence-electron chi connectivity index (χ1n) is 3.14. The van der Waals surface area contributed by atoms with Crippen molar-refractivity contribution in [2.45, 2.75) is 0 Å². The molecule has 0 saturated carbocycles. The van der Waals surface area contributed by atoms with E-state index in [1.54, 1.807) is 12.2 Å². The quantitative estimate of drug-likeness (QED) is 0.534. The van der Waals surface area contributed by atoms with Gasteiger partial charge >= 0.3 is 6.09 Å². The molecule has 0 saturated heterocycles. The second-order valence-electron chi connectivity index (χ2n) is 2.13. The van der Waals surface area contributed by atoms with Crippen molar-refractivity contribution in [3.05, 3.63) is 0 Å². The number of carbonyl (C=O) groups excluding carboxylic acids is 1. The topological polar surface area (TPSA) is 79.9 Å². The largest absolute Gasteiger partial charge is 0.443 e. The number of hydrazone groups is 1. The number of nitrogens with zero attached hydrogens (tertiary/aromatic N) is 2. The lowest BCUT2D eigenvalue weighted by Gasteiger charge is -2.02. The number of hydrogen-bond donors (Lipinski definition) is 2. The Hall–Kier alpha value is -1.30. The highest BCUT2D eigenvalue weighted by atomic mass is 16.5. The molecule has 0 aromatic heterocycles. The molecule has 0 atom stereocenters. The average molecular weight is 158 g/mol. The Kier molecular flexibility index (Phi) is 2.27. The van der Waals surface area contributed by atoms with Gasteiger partial charge in [0.1, 0.15) is 6.61 Å². The van der Waals surface area contributed by atoms with Crippen LogP contribution in [0, 0.1) is 0 Å². The van der Waals surface area contributed by atoms with E-state index in [9.17, 15) is 4.79 Å². The highest BCUT2D eigenvalue weighted by Crippen LogP contribution is 1.91. The normalized spacial score (nSPS) is 16.5. The number of nitrogens with one attached hydrogen (secondary N) is 1. The monoisotopic (exact) mass is 158 g/mol. The summed E-state index contributed by atoms with van der Waals surface area (Å²) in [5.41, 5.74) is 8.40. The lowest BCUT2D eigenvalue weighted by Crippen LogP contribution is -2.26. The molecule has 0 aromatic rings. The maximum atomic E-state index is 10.1. The Balaban J connectivity index is 2.27. The number of ether oxygens (including phenoxy) is 1. The van der Waals surface area contributed by atoms with Crippen LogP contribution in [0.2, 0.25) is 0 Å². The number of rotatable bonds is 2. The number of nitrogens with two attached hydrogens (primary N) is 1. The van der Waals surface area contributed by atoms with E-state index in [1.807, 2.05) is 0 Å². The van der Waals surface area contributed by atoms with Gasteiger partial charge in [0.25, 0.3) is 0 Å². The Bertz CT molecular complexity index is 191. The molecule has 1 aliphatic rings. The fourth-order valence-corrected chi connectivity index (χ4v) is 0.723. The molecule has 0 spiro atoms. The van der Waals surface area contributed by atoms with Crippen LogP contribution in [-0.4, -0.2) is 37.1 Å². The van der Waals surface area contributed by atoms with E-state index in [0.29, 0.717) is 6.54 Å². The minimum atomic E-state index is -0.776. The molecular formula is C5H10N4O2. The first-order chi connectivity index (χ1) is 5.18. The van der Waals surface area contributed by atoms with Gasteiger partial charge in [0.2, 0.25) is 0 Å². The van der Waals surface area contributed by atoms with Gasteiger partial charge in [0.05, 0.1) is 12.3 Å². The van der Waals surface area contributed by atoms with E-state index in [4.69, 9.17) is 5.73 Å². The highest BCUT2D eigenvalue weighted by molar-refractivity contribution is 5.89. The molecule has 1 rings (SSSR count). The Morgan fingerprint density at radius 2 is 2.73 bits per heavy atom. The van der Waals surface area contributed by atoms with Crippen LogP contribution in [0.5, 0.6) is 0 Å². The number of primary amides is 1. The molecule has 6 heteroatoms. The zero-order valence-electron chi connectivity index (χ0n) is 6.20. The molecule has 0 aliphatic carbocycles. The Morgan fingerprint density at radius 3 is 3.18 bits per heavy atom. The summed E-state index contributed by atoms with van der Waals surface area (Å²) in [6.07, 6.45) is -0.776. The summed E-state index contributed by atoms with van der Waals surface area (Å²) in [7, 11) is 1.76. The summed E-state index contributed by atoms with van der Waals surface area (Å²) in [4.78, 5) is 10.1. The molecular weight excluding hydrogens is 148 g/mol. The van der Waals surface area contributed by atoms with Gasteiger partial charge in [-0.05, 0) is 0 Å². The van der Waals surface area contributed by atoms with Crippen LogP contribution in [0.4, 0.5) is 4.79 Å². The van der Waals surface area contributed by atoms with Gasteiger partial charge < -0.3 is 10.5 Å². The second-order valence-corrected chi connectivity index (χ2v) is 2.13. The summed E-state index contributed by atoms with van der Waals surface area (Å²) in [5.74, 6) is 0. The van der Waals surface area contributed by atoms with E-state index < -0.39 is 6.09 Å². The van der Waals surface area contributed by atoms with Crippen molar-refractivity contribution < 1.29 is 9.53 Å². The fourth-order valence-electron chi connectivity index (χ4n) is 0.723. The molecule has 11 heavy (non-hydrogen) atoms. The average Bonchev–Trinajstić information content (AvgIpc) is 2.31. The van der Waals surface area contributed by atoms with E-state index in [-0.39, 0.29) is 6.61 Å². The molecule has 0 aromatic carbocycles. The fraction of sp³-hybridized carbons (Fsp3) is 0.600. The van der Waals surface area contributed by atoms with Gasteiger partial charge in [0.15, 0.2) is 0 Å². The summed E-state index contributed by atoms with van der Waals surface area (Å²) in [6.45, 7) is 0.760. The van der Waals surface area contributed by atoms with E-state index >= 15 is 0 Å². The van der Waals surface area contributed by atoms with Crippen LogP contribution in [0.1, 0.15) is 0 Å². The summed E-state index contributed by atoms with van der Waals surface area (Å²) in [5, 5.41) is 5.52. The molecule has 6 nitrogen and oxygen atoms in total. The molecule has 0 radical (unpaired) electrons. The van der Waals surface area contributed by atoms with Crippen LogP contribution < -0.4 is 11.2 Å². The molecule has 62 valence electrons. The lowest BCUT2D eigenvalue weighted by molar-refractivity contribution is 0.172. The van der Waals surface area contributed by atoms with E-state index in [2.05, 4.69) is 15.3 Å². The Labute approximate surface area is 64.0 Å². The van der Waals surface area contributed by atoms with Crippen LogP contribution in [0.3, 0.4) is 0 Å². The predicted octanol–water partition coefficient (Wildman–Crippen LogP) is -1.11. The Morgan fingerprint density at radius 1 is 2.00 bits per heavy atom. The maximum absolute atomic E-state index is 10.1. The first kappa shape index (κ1) is 7.80. The van der Waals surface area contributed by atoms with Crippen LogP contribution >= 0.6 is 0 Å². The van der Waals surface area contributed by atoms with Gasteiger partial charge in [-0.3, -0.25) is 0 Å². The van der Waals surface area contributed by atoms with E-state index in [1.165, 1.54) is 0 Å². The molecule has 3 N–H and O–H groups in total. The van der Waals surface area contributed by atoms with Crippen molar-refractivity contribution in [1.29, 1.82) is 0 Å². The summed E-state index contributed by atoms with van der Waals surface area (Å²) in [6, 6.07) is 0. The van der Waals surface area contributed by atoms with E-state index in [0.717, 1.165) is 5.71 Å². The lowest BCUT2D eigenvalue weighted by atomic mass is 10.4. The molecule has 0 unspecified atom stereocenters. The number of amides is 1. The third-order valence-electron chi connectivity index (χ3n) is 1.18. The summed E-state index contributed by atoms with van der Waals surface area (Å²) >= 11 is 0. The van der Waals surface area contributed by atoms with Crippen molar-refractivity contribution in [2.75, 3.05) is 20.2 Å². The zero-order chi connectivity index (χ0) is 8.27. The molecule has 0 fully saturated rings. The number of hydrogen-bond acceptors (Lipinski definition) is 5. The van der Waals surface area contributed by atoms with Crippen molar-refractivity contribution >= 4 is 11.8 Å². The third kappa shape index (κ3) is 2.42. The van der Waals surface area contributed by atoms with Gasteiger partial charge in [-0.2, -0.15) is 5.10 Å². The van der Waals surface area contributed by atoms with Crippen LogP contribution in [-0.2, 0) is 4.74 Å². The number of carbonyl (C=O) groups is 1. The molecule has 0 bridgehead atoms. The van der Waals surface area contributed by atoms with Crippen LogP contribution in [0.15, 0.2) is 5.10 Å². The molecule has 1 aliphatic heterocycles. The standard InChI is InChI=1S/C5H10N4O2/c1-9-7-2-4(8-9)3-11-5(6)10/h7H,2-3H2,1H3,(H2,6,10). The summed E-state index contributed by atoms with van der Waals surface area (Å²) < 4.78 is 4.52. The molecule has 1 heterocycles. The minimum absolute atomic E-state index is 0.159. The van der Waals surface area contributed by atoms with Gasteiger partial charge in [0, 0.05) is 7.05 Å². The minimum Gasteiger partial charge on any atom is -0.443 e. The predicted molar refractivity (Wildman–Crippen MR) is 38.7 cm³/mol. The smallest absolute Gasteiger partial charge is 0.404 e. The van der Waals surface area contributed by atoms with Gasteiger partial charge in [-0.1, -0.05) is 0 Å². The first-order valence-corrected chi connectivity index (χ1v) is 3.14. The maximum Gasteiger partial charge on any atom is 0.404 e. The second kappa shape index (κ2) is 3.20. The van der Waals surface area contributed by atoms with Crippen molar-refractivity contribution in [3.63, 3.8) is 0 Å². The van der Waals surface area contributed by atoms with Gasteiger partial charge in [-0.25, -0.2) is 15.3 Å². The molecule has 1 amide bonds.